The van der Waals surface area contributed by atoms with E-state index in [-0.39, 0.29) is 0 Å². The Kier molecular flexibility index (Phi) is 2.19. The van der Waals surface area contributed by atoms with E-state index in [0.29, 0.717) is 0 Å². The highest BCUT2D eigenvalue weighted by atomic mass is 14.9. The van der Waals surface area contributed by atoms with Crippen LogP contribution in [0.15, 0.2) is 18.2 Å². The SMILES string of the molecule is Cc1ccc(NC2CCC2)cc1C1CC1. The van der Waals surface area contributed by atoms with Crippen molar-refractivity contribution in [2.45, 2.75) is 51.0 Å². The van der Waals surface area contributed by atoms with Crippen LogP contribution >= 0.6 is 0 Å². The molecule has 2 saturated carbocycles. The van der Waals surface area contributed by atoms with Gasteiger partial charge in [-0.05, 0) is 68.2 Å². The molecule has 1 N–H and O–H groups in total. The highest BCUT2D eigenvalue weighted by Gasteiger charge is 2.25. The topological polar surface area (TPSA) is 12.0 Å². The van der Waals surface area contributed by atoms with Gasteiger partial charge in [-0.1, -0.05) is 6.07 Å². The maximum atomic E-state index is 3.63. The van der Waals surface area contributed by atoms with Gasteiger partial charge in [0.25, 0.3) is 0 Å². The van der Waals surface area contributed by atoms with E-state index in [0.717, 1.165) is 12.0 Å². The molecule has 2 fully saturated rings. The number of rotatable bonds is 3. The number of nitrogens with one attached hydrogen (secondary N) is 1. The third-order valence-corrected chi connectivity index (χ3v) is 3.77. The normalized spacial score (nSPS) is 21.1. The number of hydrogen-bond acceptors (Lipinski definition) is 1. The maximum absolute atomic E-state index is 3.63. The Morgan fingerprint density at radius 2 is 1.93 bits per heavy atom. The molecule has 0 radical (unpaired) electrons. The molecule has 0 amide bonds. The zero-order chi connectivity index (χ0) is 10.3. The van der Waals surface area contributed by atoms with Crippen LogP contribution in [-0.2, 0) is 0 Å². The van der Waals surface area contributed by atoms with E-state index < -0.39 is 0 Å². The monoisotopic (exact) mass is 201 g/mol. The molecule has 0 saturated heterocycles. The second-order valence-corrected chi connectivity index (χ2v) is 5.12. The van der Waals surface area contributed by atoms with Crippen molar-refractivity contribution in [2.75, 3.05) is 5.32 Å². The molecule has 0 spiro atoms. The lowest BCUT2D eigenvalue weighted by molar-refractivity contribution is 0.445. The standard InChI is InChI=1S/C14H19N/c1-10-5-8-13(15-12-3-2-4-12)9-14(10)11-6-7-11/h5,8-9,11-12,15H,2-4,6-7H2,1H3. The van der Waals surface area contributed by atoms with Crippen LogP contribution in [0.5, 0.6) is 0 Å². The molecule has 3 rings (SSSR count). The summed E-state index contributed by atoms with van der Waals surface area (Å²) < 4.78 is 0. The van der Waals surface area contributed by atoms with Crippen LogP contribution in [0, 0.1) is 6.92 Å². The van der Waals surface area contributed by atoms with E-state index >= 15 is 0 Å². The molecule has 0 unspecified atom stereocenters. The predicted octanol–water partition coefficient (Wildman–Crippen LogP) is 3.84. The minimum Gasteiger partial charge on any atom is -0.382 e. The molecule has 0 bridgehead atoms. The summed E-state index contributed by atoms with van der Waals surface area (Å²) in [7, 11) is 0. The van der Waals surface area contributed by atoms with E-state index in [1.807, 2.05) is 0 Å². The van der Waals surface area contributed by atoms with Crippen molar-refractivity contribution in [3.05, 3.63) is 29.3 Å². The Bertz CT molecular complexity index is 362. The summed E-state index contributed by atoms with van der Waals surface area (Å²) in [6.45, 7) is 2.24. The summed E-state index contributed by atoms with van der Waals surface area (Å²) in [5, 5.41) is 3.63. The average molecular weight is 201 g/mol. The van der Waals surface area contributed by atoms with Crippen LogP contribution < -0.4 is 5.32 Å². The fourth-order valence-electron chi connectivity index (χ4n) is 2.35. The quantitative estimate of drug-likeness (QED) is 0.783. The fraction of sp³-hybridized carbons (Fsp3) is 0.571. The molecule has 0 aliphatic heterocycles. The van der Waals surface area contributed by atoms with Crippen LogP contribution in [0.3, 0.4) is 0 Å². The summed E-state index contributed by atoms with van der Waals surface area (Å²) in [5.41, 5.74) is 4.39. The molecule has 1 nitrogen and oxygen atoms in total. The largest absolute Gasteiger partial charge is 0.382 e. The number of anilines is 1. The zero-order valence-corrected chi connectivity index (χ0v) is 9.42. The van der Waals surface area contributed by atoms with E-state index in [2.05, 4.69) is 30.4 Å². The van der Waals surface area contributed by atoms with Crippen molar-refractivity contribution in [1.82, 2.24) is 0 Å². The van der Waals surface area contributed by atoms with E-state index in [1.54, 1.807) is 5.56 Å². The molecule has 0 atom stereocenters. The molecule has 2 aliphatic rings. The van der Waals surface area contributed by atoms with Crippen molar-refractivity contribution in [3.63, 3.8) is 0 Å². The molecular formula is C14H19N. The first-order valence-corrected chi connectivity index (χ1v) is 6.20. The molecular weight excluding hydrogens is 182 g/mol. The first-order chi connectivity index (χ1) is 7.33. The summed E-state index contributed by atoms with van der Waals surface area (Å²) in [6.07, 6.45) is 6.90. The van der Waals surface area contributed by atoms with Crippen LogP contribution in [0.2, 0.25) is 0 Å². The second kappa shape index (κ2) is 3.55. The van der Waals surface area contributed by atoms with Gasteiger partial charge >= 0.3 is 0 Å². The number of hydrogen-bond donors (Lipinski definition) is 1. The van der Waals surface area contributed by atoms with Gasteiger partial charge in [0.2, 0.25) is 0 Å². The van der Waals surface area contributed by atoms with E-state index in [4.69, 9.17) is 0 Å². The summed E-state index contributed by atoms with van der Waals surface area (Å²) in [5.74, 6) is 0.869. The average Bonchev–Trinajstić information content (AvgIpc) is 2.97. The lowest BCUT2D eigenvalue weighted by Crippen LogP contribution is -2.26. The highest BCUT2D eigenvalue weighted by Crippen LogP contribution is 2.42. The minimum atomic E-state index is 0.750. The molecule has 2 aliphatic carbocycles. The summed E-state index contributed by atoms with van der Waals surface area (Å²) in [4.78, 5) is 0. The van der Waals surface area contributed by atoms with E-state index in [1.165, 1.54) is 43.4 Å². The van der Waals surface area contributed by atoms with Crippen molar-refractivity contribution < 1.29 is 0 Å². The van der Waals surface area contributed by atoms with Crippen molar-refractivity contribution >= 4 is 5.69 Å². The Hall–Kier alpha value is -0.980. The smallest absolute Gasteiger partial charge is 0.0345 e. The van der Waals surface area contributed by atoms with Gasteiger partial charge < -0.3 is 5.32 Å². The number of aryl methyl sites for hydroxylation is 1. The molecule has 1 heteroatoms. The summed E-state index contributed by atoms with van der Waals surface area (Å²) >= 11 is 0. The Morgan fingerprint density at radius 1 is 1.13 bits per heavy atom. The Balaban J connectivity index is 1.78. The lowest BCUT2D eigenvalue weighted by Gasteiger charge is -2.27. The molecule has 0 aromatic heterocycles. The summed E-state index contributed by atoms with van der Waals surface area (Å²) in [6, 6.07) is 7.64. The first kappa shape index (κ1) is 9.26. The third kappa shape index (κ3) is 1.88. The van der Waals surface area contributed by atoms with Crippen molar-refractivity contribution in [2.24, 2.45) is 0 Å². The van der Waals surface area contributed by atoms with Crippen LogP contribution in [0.25, 0.3) is 0 Å². The van der Waals surface area contributed by atoms with Crippen LogP contribution in [0.4, 0.5) is 5.69 Å². The van der Waals surface area contributed by atoms with Gasteiger partial charge in [0.1, 0.15) is 0 Å². The van der Waals surface area contributed by atoms with Gasteiger partial charge in [-0.15, -0.1) is 0 Å². The third-order valence-electron chi connectivity index (χ3n) is 3.77. The Labute approximate surface area is 91.9 Å². The number of benzene rings is 1. The molecule has 0 heterocycles. The van der Waals surface area contributed by atoms with Gasteiger partial charge in [-0.2, -0.15) is 0 Å². The van der Waals surface area contributed by atoms with Gasteiger partial charge in [0.05, 0.1) is 0 Å². The molecule has 15 heavy (non-hydrogen) atoms. The lowest BCUT2D eigenvalue weighted by atomic mass is 9.92. The fourth-order valence-corrected chi connectivity index (χ4v) is 2.35. The minimum absolute atomic E-state index is 0.750. The second-order valence-electron chi connectivity index (χ2n) is 5.12. The van der Waals surface area contributed by atoms with Gasteiger partial charge in [0, 0.05) is 11.7 Å². The predicted molar refractivity (Wildman–Crippen MR) is 64.4 cm³/mol. The van der Waals surface area contributed by atoms with Gasteiger partial charge in [-0.3, -0.25) is 0 Å². The van der Waals surface area contributed by atoms with Crippen LogP contribution in [0.1, 0.15) is 49.1 Å². The molecule has 80 valence electrons. The highest BCUT2D eigenvalue weighted by molar-refractivity contribution is 5.51. The molecule has 1 aromatic carbocycles. The Morgan fingerprint density at radius 3 is 2.53 bits per heavy atom. The van der Waals surface area contributed by atoms with E-state index in [9.17, 15) is 0 Å². The van der Waals surface area contributed by atoms with Crippen LogP contribution in [-0.4, -0.2) is 6.04 Å². The van der Waals surface area contributed by atoms with Gasteiger partial charge in [0.15, 0.2) is 0 Å². The van der Waals surface area contributed by atoms with Crippen molar-refractivity contribution in [1.29, 1.82) is 0 Å². The maximum Gasteiger partial charge on any atom is 0.0345 e. The van der Waals surface area contributed by atoms with Gasteiger partial charge in [-0.25, -0.2) is 0 Å². The zero-order valence-electron chi connectivity index (χ0n) is 9.42. The van der Waals surface area contributed by atoms with Crippen molar-refractivity contribution in [3.8, 4) is 0 Å². The molecule has 1 aromatic rings. The first-order valence-electron chi connectivity index (χ1n) is 6.20.